The van der Waals surface area contributed by atoms with Crippen LogP contribution >= 0.6 is 0 Å². The summed E-state index contributed by atoms with van der Waals surface area (Å²) in [6.07, 6.45) is 0.402. The van der Waals surface area contributed by atoms with Crippen molar-refractivity contribution in [3.63, 3.8) is 0 Å². The molecule has 0 spiro atoms. The number of ether oxygens (including phenoxy) is 1. The smallest absolute Gasteiger partial charge is 0.355 e. The summed E-state index contributed by atoms with van der Waals surface area (Å²) in [6.45, 7) is -0.0115. The standard InChI is InChI=1S/C16H14N4O5/c17-19-18-13(15(22)23)11-6-10-7-12(21)20(10)14(11)16(24)25-8-9-4-2-1-3-5-9/h1-5,10,13H,6-8H2,(H,22,23). The number of carboxylic acids is 1. The molecule has 1 amide bonds. The van der Waals surface area contributed by atoms with Crippen molar-refractivity contribution < 1.29 is 24.2 Å². The highest BCUT2D eigenvalue weighted by molar-refractivity contribution is 6.00. The van der Waals surface area contributed by atoms with Gasteiger partial charge in [-0.25, -0.2) is 4.79 Å². The highest BCUT2D eigenvalue weighted by Crippen LogP contribution is 2.41. The molecule has 2 unspecified atom stereocenters. The number of azide groups is 1. The van der Waals surface area contributed by atoms with Gasteiger partial charge in [-0.3, -0.25) is 9.59 Å². The lowest BCUT2D eigenvalue weighted by Gasteiger charge is -2.35. The number of hydrogen-bond donors (Lipinski definition) is 1. The highest BCUT2D eigenvalue weighted by atomic mass is 16.5. The zero-order chi connectivity index (χ0) is 18.0. The van der Waals surface area contributed by atoms with Gasteiger partial charge in [0.05, 0.1) is 0 Å². The molecule has 0 radical (unpaired) electrons. The fourth-order valence-electron chi connectivity index (χ4n) is 3.04. The summed E-state index contributed by atoms with van der Waals surface area (Å²) < 4.78 is 5.23. The normalized spacial score (nSPS) is 19.6. The van der Waals surface area contributed by atoms with E-state index in [4.69, 9.17) is 10.3 Å². The van der Waals surface area contributed by atoms with Crippen molar-refractivity contribution in [3.8, 4) is 0 Å². The van der Waals surface area contributed by atoms with Gasteiger partial charge >= 0.3 is 11.9 Å². The Kier molecular flexibility index (Phi) is 4.40. The van der Waals surface area contributed by atoms with E-state index in [0.29, 0.717) is 0 Å². The summed E-state index contributed by atoms with van der Waals surface area (Å²) >= 11 is 0. The highest BCUT2D eigenvalue weighted by Gasteiger charge is 2.50. The lowest BCUT2D eigenvalue weighted by molar-refractivity contribution is -0.151. The van der Waals surface area contributed by atoms with Crippen molar-refractivity contribution in [3.05, 3.63) is 57.6 Å². The number of aliphatic carboxylic acids is 1. The number of β-lactam (4-membered cyclic amide) rings is 1. The second kappa shape index (κ2) is 6.66. The maximum atomic E-state index is 12.5. The number of carboxylic acid groups (broad SMARTS) is 1. The molecule has 2 atom stereocenters. The molecular formula is C16H14N4O5. The van der Waals surface area contributed by atoms with Crippen LogP contribution in [0.25, 0.3) is 10.4 Å². The Labute approximate surface area is 142 Å². The molecule has 0 saturated carbocycles. The van der Waals surface area contributed by atoms with E-state index < -0.39 is 18.0 Å². The van der Waals surface area contributed by atoms with Crippen molar-refractivity contribution in [2.24, 2.45) is 5.11 Å². The van der Waals surface area contributed by atoms with Crippen molar-refractivity contribution in [1.29, 1.82) is 0 Å². The predicted octanol–water partition coefficient (Wildman–Crippen LogP) is 1.75. The Morgan fingerprint density at radius 3 is 2.68 bits per heavy atom. The van der Waals surface area contributed by atoms with Crippen molar-refractivity contribution in [1.82, 2.24) is 4.90 Å². The molecule has 1 N–H and O–H groups in total. The fraction of sp³-hybridized carbons (Fsp3) is 0.312. The Balaban J connectivity index is 1.88. The predicted molar refractivity (Wildman–Crippen MR) is 83.7 cm³/mol. The molecule has 2 aliphatic rings. The van der Waals surface area contributed by atoms with E-state index in [1.54, 1.807) is 24.3 Å². The van der Waals surface area contributed by atoms with Crippen LogP contribution in [0.2, 0.25) is 0 Å². The number of benzene rings is 1. The van der Waals surface area contributed by atoms with Gasteiger partial charge in [0, 0.05) is 17.4 Å². The van der Waals surface area contributed by atoms with Crippen LogP contribution in [-0.2, 0) is 25.7 Å². The van der Waals surface area contributed by atoms with E-state index in [1.807, 2.05) is 6.07 Å². The maximum absolute atomic E-state index is 12.5. The second-order valence-electron chi connectivity index (χ2n) is 5.71. The van der Waals surface area contributed by atoms with Crippen molar-refractivity contribution in [2.45, 2.75) is 31.5 Å². The first kappa shape index (κ1) is 16.5. The molecule has 1 saturated heterocycles. The van der Waals surface area contributed by atoms with Crippen LogP contribution in [0.3, 0.4) is 0 Å². The van der Waals surface area contributed by atoms with Crippen LogP contribution in [0.4, 0.5) is 0 Å². The van der Waals surface area contributed by atoms with Crippen LogP contribution in [0.1, 0.15) is 18.4 Å². The van der Waals surface area contributed by atoms with Gasteiger partial charge in [0.2, 0.25) is 5.91 Å². The van der Waals surface area contributed by atoms with Gasteiger partial charge in [0.1, 0.15) is 12.3 Å². The Bertz CT molecular complexity index is 811. The number of hydrogen-bond acceptors (Lipinski definition) is 5. The average Bonchev–Trinajstić information content (AvgIpc) is 2.90. The molecule has 25 heavy (non-hydrogen) atoms. The number of carbonyl (C=O) groups is 3. The molecule has 0 aliphatic carbocycles. The zero-order valence-electron chi connectivity index (χ0n) is 13.0. The van der Waals surface area contributed by atoms with Crippen LogP contribution in [-0.4, -0.2) is 39.9 Å². The quantitative estimate of drug-likeness (QED) is 0.276. The number of esters is 1. The van der Waals surface area contributed by atoms with E-state index in [-0.39, 0.29) is 42.7 Å². The second-order valence-corrected chi connectivity index (χ2v) is 5.71. The molecule has 1 fully saturated rings. The van der Waals surface area contributed by atoms with Gasteiger partial charge in [0.15, 0.2) is 6.04 Å². The van der Waals surface area contributed by atoms with E-state index in [0.717, 1.165) is 5.56 Å². The zero-order valence-corrected chi connectivity index (χ0v) is 13.0. The molecule has 2 aliphatic heterocycles. The number of amides is 1. The van der Waals surface area contributed by atoms with E-state index in [9.17, 15) is 19.5 Å². The largest absolute Gasteiger partial charge is 0.481 e. The van der Waals surface area contributed by atoms with E-state index in [1.165, 1.54) is 4.90 Å². The summed E-state index contributed by atoms with van der Waals surface area (Å²) in [6, 6.07) is 7.13. The van der Waals surface area contributed by atoms with Gasteiger partial charge in [-0.05, 0) is 23.1 Å². The van der Waals surface area contributed by atoms with Crippen LogP contribution in [0.15, 0.2) is 46.7 Å². The number of fused-ring (bicyclic) bond motifs is 1. The third-order valence-corrected chi connectivity index (χ3v) is 4.18. The molecular weight excluding hydrogens is 328 g/mol. The summed E-state index contributed by atoms with van der Waals surface area (Å²) in [4.78, 5) is 39.5. The van der Waals surface area contributed by atoms with Crippen LogP contribution < -0.4 is 0 Å². The molecule has 9 heteroatoms. The SMILES string of the molecule is [N-]=[N+]=NC(C(=O)O)C1=C(C(=O)OCc2ccccc2)N2C(=O)CC2C1. The molecule has 1 aromatic carbocycles. The minimum absolute atomic E-state index is 0.0115. The van der Waals surface area contributed by atoms with Gasteiger partial charge in [-0.2, -0.15) is 0 Å². The molecule has 9 nitrogen and oxygen atoms in total. The van der Waals surface area contributed by atoms with E-state index >= 15 is 0 Å². The van der Waals surface area contributed by atoms with Crippen LogP contribution in [0, 0.1) is 0 Å². The van der Waals surface area contributed by atoms with Crippen molar-refractivity contribution in [2.75, 3.05) is 0 Å². The Morgan fingerprint density at radius 1 is 1.36 bits per heavy atom. The first-order valence-corrected chi connectivity index (χ1v) is 7.56. The van der Waals surface area contributed by atoms with Gasteiger partial charge in [0.25, 0.3) is 0 Å². The fourth-order valence-corrected chi connectivity index (χ4v) is 3.04. The molecule has 1 aromatic rings. The molecule has 2 heterocycles. The van der Waals surface area contributed by atoms with E-state index in [2.05, 4.69) is 10.0 Å². The average molecular weight is 342 g/mol. The van der Waals surface area contributed by atoms with Crippen LogP contribution in [0.5, 0.6) is 0 Å². The summed E-state index contributed by atoms with van der Waals surface area (Å²) in [5.74, 6) is -2.46. The van der Waals surface area contributed by atoms with Gasteiger partial charge in [-0.1, -0.05) is 35.4 Å². The summed E-state index contributed by atoms with van der Waals surface area (Å²) in [5.41, 5.74) is 9.35. The summed E-state index contributed by atoms with van der Waals surface area (Å²) in [5, 5.41) is 12.5. The third-order valence-electron chi connectivity index (χ3n) is 4.18. The van der Waals surface area contributed by atoms with Gasteiger partial charge < -0.3 is 14.7 Å². The van der Waals surface area contributed by atoms with Crippen molar-refractivity contribution >= 4 is 17.8 Å². The maximum Gasteiger partial charge on any atom is 0.355 e. The Morgan fingerprint density at radius 2 is 2.08 bits per heavy atom. The lowest BCUT2D eigenvalue weighted by Crippen LogP contribution is -2.49. The minimum atomic E-state index is -1.54. The molecule has 0 bridgehead atoms. The summed E-state index contributed by atoms with van der Waals surface area (Å²) in [7, 11) is 0. The molecule has 3 rings (SSSR count). The first-order chi connectivity index (χ1) is 12.0. The third kappa shape index (κ3) is 3.05. The van der Waals surface area contributed by atoms with Gasteiger partial charge in [-0.15, -0.1) is 0 Å². The monoisotopic (exact) mass is 342 g/mol. The first-order valence-electron chi connectivity index (χ1n) is 7.56. The minimum Gasteiger partial charge on any atom is -0.481 e. The molecule has 0 aromatic heterocycles. The number of nitrogens with zero attached hydrogens (tertiary/aromatic N) is 4. The number of carbonyl (C=O) groups excluding carboxylic acids is 2. The lowest BCUT2D eigenvalue weighted by atomic mass is 9.98. The Hall–Kier alpha value is -3.32. The molecule has 128 valence electrons. The number of rotatable bonds is 6. The topological polar surface area (TPSA) is 133 Å².